The molecule has 0 heterocycles. The number of nitrogens with two attached hydrogens (primary N) is 1. The Bertz CT molecular complexity index is 406. The molecule has 0 spiro atoms. The number of carbonyl (C=O) groups excluding carboxylic acids is 1. The first-order chi connectivity index (χ1) is 7.34. The van der Waals surface area contributed by atoms with Gasteiger partial charge in [-0.15, -0.1) is 0 Å². The molecule has 0 radical (unpaired) electrons. The minimum atomic E-state index is -4.58. The average molecular weight is 253 g/mol. The van der Waals surface area contributed by atoms with Crippen molar-refractivity contribution < 1.29 is 18.0 Å². The number of hydrogen-bond donors (Lipinski definition) is 2. The summed E-state index contributed by atoms with van der Waals surface area (Å²) >= 11 is 5.46. The van der Waals surface area contributed by atoms with Crippen LogP contribution >= 0.6 is 11.6 Å². The Kier molecular flexibility index (Phi) is 3.77. The van der Waals surface area contributed by atoms with Gasteiger partial charge in [0.2, 0.25) is 5.91 Å². The van der Waals surface area contributed by atoms with E-state index in [1.165, 1.54) is 6.07 Å². The number of alkyl halides is 3. The molecule has 88 valence electrons. The van der Waals surface area contributed by atoms with Crippen molar-refractivity contribution in [2.24, 2.45) is 5.73 Å². The Labute approximate surface area is 94.4 Å². The molecule has 1 aromatic carbocycles. The smallest absolute Gasteiger partial charge is 0.324 e. The largest absolute Gasteiger partial charge is 0.418 e. The Morgan fingerprint density at radius 1 is 1.44 bits per heavy atom. The van der Waals surface area contributed by atoms with Crippen LogP contribution in [0.2, 0.25) is 5.02 Å². The van der Waals surface area contributed by atoms with Crippen molar-refractivity contribution in [2.45, 2.75) is 6.18 Å². The van der Waals surface area contributed by atoms with Crippen molar-refractivity contribution in [1.82, 2.24) is 0 Å². The van der Waals surface area contributed by atoms with Crippen LogP contribution in [0.25, 0.3) is 0 Å². The number of benzene rings is 1. The molecule has 0 aliphatic carbocycles. The van der Waals surface area contributed by atoms with Crippen molar-refractivity contribution in [3.05, 3.63) is 28.8 Å². The molecular formula is C9H8ClF3N2O. The maximum Gasteiger partial charge on any atom is 0.418 e. The maximum atomic E-state index is 12.5. The highest BCUT2D eigenvalue weighted by Crippen LogP contribution is 2.36. The van der Waals surface area contributed by atoms with Gasteiger partial charge in [-0.3, -0.25) is 4.79 Å². The molecule has 0 saturated carbocycles. The van der Waals surface area contributed by atoms with Crippen molar-refractivity contribution in [1.29, 1.82) is 0 Å². The minimum absolute atomic E-state index is 0.0573. The molecule has 7 heteroatoms. The fourth-order valence-electron chi connectivity index (χ4n) is 1.06. The van der Waals surface area contributed by atoms with Gasteiger partial charge < -0.3 is 11.1 Å². The molecule has 0 unspecified atom stereocenters. The number of nitrogens with one attached hydrogen (secondary N) is 1. The summed E-state index contributed by atoms with van der Waals surface area (Å²) in [6.45, 7) is -0.389. The third-order valence-electron chi connectivity index (χ3n) is 1.75. The Morgan fingerprint density at radius 2 is 2.06 bits per heavy atom. The van der Waals surface area contributed by atoms with Gasteiger partial charge in [0.1, 0.15) is 0 Å². The SMILES string of the molecule is NCC(=O)Nc1ccc(Cl)cc1C(F)(F)F. The lowest BCUT2D eigenvalue weighted by molar-refractivity contribution is -0.137. The number of carbonyl (C=O) groups is 1. The summed E-state index contributed by atoms with van der Waals surface area (Å²) in [5.74, 6) is -0.701. The third kappa shape index (κ3) is 3.11. The molecule has 3 nitrogen and oxygen atoms in total. The van der Waals surface area contributed by atoms with Crippen molar-refractivity contribution in [3.63, 3.8) is 0 Å². The second-order valence-corrected chi connectivity index (χ2v) is 3.38. The zero-order chi connectivity index (χ0) is 12.3. The molecule has 0 atom stereocenters. The van der Waals surface area contributed by atoms with Gasteiger partial charge in [-0.25, -0.2) is 0 Å². The predicted molar refractivity (Wildman–Crippen MR) is 54.1 cm³/mol. The number of halogens is 4. The van der Waals surface area contributed by atoms with E-state index in [1.54, 1.807) is 0 Å². The summed E-state index contributed by atoms with van der Waals surface area (Å²) in [6.07, 6.45) is -4.58. The van der Waals surface area contributed by atoms with E-state index in [0.717, 1.165) is 12.1 Å². The molecule has 1 aromatic rings. The Balaban J connectivity index is 3.13. The zero-order valence-corrected chi connectivity index (χ0v) is 8.69. The fourth-order valence-corrected chi connectivity index (χ4v) is 1.23. The lowest BCUT2D eigenvalue weighted by Gasteiger charge is -2.13. The monoisotopic (exact) mass is 252 g/mol. The van der Waals surface area contributed by atoms with E-state index in [4.69, 9.17) is 17.3 Å². The van der Waals surface area contributed by atoms with Crippen molar-refractivity contribution in [2.75, 3.05) is 11.9 Å². The number of rotatable bonds is 2. The molecule has 0 saturated heterocycles. The van der Waals surface area contributed by atoms with Crippen LogP contribution in [0, 0.1) is 0 Å². The van der Waals surface area contributed by atoms with Crippen LogP contribution in [0.3, 0.4) is 0 Å². The summed E-state index contributed by atoms with van der Waals surface area (Å²) in [5, 5.41) is 1.99. The quantitative estimate of drug-likeness (QED) is 0.848. The van der Waals surface area contributed by atoms with E-state index in [1.807, 2.05) is 0 Å². The third-order valence-corrected chi connectivity index (χ3v) is 1.98. The highest BCUT2D eigenvalue weighted by atomic mass is 35.5. The van der Waals surface area contributed by atoms with E-state index in [9.17, 15) is 18.0 Å². The van der Waals surface area contributed by atoms with E-state index >= 15 is 0 Å². The average Bonchev–Trinajstić information content (AvgIpc) is 2.19. The first-order valence-corrected chi connectivity index (χ1v) is 4.59. The molecule has 0 aromatic heterocycles. The normalized spacial score (nSPS) is 11.3. The molecule has 0 aliphatic heterocycles. The fraction of sp³-hybridized carbons (Fsp3) is 0.222. The van der Waals surface area contributed by atoms with Crippen molar-refractivity contribution in [3.8, 4) is 0 Å². The second-order valence-electron chi connectivity index (χ2n) is 2.94. The van der Waals surface area contributed by atoms with Crippen LogP contribution in [-0.2, 0) is 11.0 Å². The molecule has 16 heavy (non-hydrogen) atoms. The summed E-state index contributed by atoms with van der Waals surface area (Å²) < 4.78 is 37.6. The lowest BCUT2D eigenvalue weighted by atomic mass is 10.1. The van der Waals surface area contributed by atoms with Crippen molar-refractivity contribution >= 4 is 23.2 Å². The maximum absolute atomic E-state index is 12.5. The molecular weight excluding hydrogens is 245 g/mol. The van der Waals surface area contributed by atoms with Gasteiger partial charge in [-0.1, -0.05) is 11.6 Å². The summed E-state index contributed by atoms with van der Waals surface area (Å²) in [7, 11) is 0. The van der Waals surface area contributed by atoms with Gasteiger partial charge in [-0.2, -0.15) is 13.2 Å². The van der Waals surface area contributed by atoms with E-state index < -0.39 is 17.6 Å². The van der Waals surface area contributed by atoms with Crippen LogP contribution in [0.15, 0.2) is 18.2 Å². The number of amides is 1. The summed E-state index contributed by atoms with van der Waals surface area (Å²) in [5.41, 5.74) is 3.64. The van der Waals surface area contributed by atoms with Crippen LogP contribution in [0.4, 0.5) is 18.9 Å². The van der Waals surface area contributed by atoms with Gasteiger partial charge in [0.25, 0.3) is 0 Å². The second kappa shape index (κ2) is 4.71. The Hall–Kier alpha value is -1.27. The lowest BCUT2D eigenvalue weighted by Crippen LogP contribution is -2.23. The van der Waals surface area contributed by atoms with Gasteiger partial charge in [-0.05, 0) is 18.2 Å². The van der Waals surface area contributed by atoms with E-state index in [-0.39, 0.29) is 17.3 Å². The van der Waals surface area contributed by atoms with Crippen LogP contribution in [-0.4, -0.2) is 12.5 Å². The van der Waals surface area contributed by atoms with Gasteiger partial charge in [0.05, 0.1) is 17.8 Å². The number of hydrogen-bond acceptors (Lipinski definition) is 2. The molecule has 1 rings (SSSR count). The summed E-state index contributed by atoms with van der Waals surface area (Å²) in [6, 6.07) is 3.08. The minimum Gasteiger partial charge on any atom is -0.324 e. The molecule has 1 amide bonds. The molecule has 0 bridgehead atoms. The molecule has 3 N–H and O–H groups in total. The van der Waals surface area contributed by atoms with Crippen LogP contribution < -0.4 is 11.1 Å². The summed E-state index contributed by atoms with van der Waals surface area (Å²) in [4.78, 5) is 10.9. The predicted octanol–water partition coefficient (Wildman–Crippen LogP) is 2.26. The molecule has 0 fully saturated rings. The Morgan fingerprint density at radius 3 is 2.56 bits per heavy atom. The standard InChI is InChI=1S/C9H8ClF3N2O/c10-5-1-2-7(15-8(16)4-14)6(3-5)9(11,12)13/h1-3H,4,14H2,(H,15,16). The van der Waals surface area contributed by atoms with E-state index in [0.29, 0.717) is 0 Å². The van der Waals surface area contributed by atoms with Gasteiger partial charge in [0.15, 0.2) is 0 Å². The first kappa shape index (κ1) is 12.8. The number of anilines is 1. The van der Waals surface area contributed by atoms with Gasteiger partial charge >= 0.3 is 6.18 Å². The highest BCUT2D eigenvalue weighted by molar-refractivity contribution is 6.30. The van der Waals surface area contributed by atoms with Gasteiger partial charge in [0, 0.05) is 5.02 Å². The van der Waals surface area contributed by atoms with Crippen LogP contribution in [0.5, 0.6) is 0 Å². The van der Waals surface area contributed by atoms with E-state index in [2.05, 4.69) is 5.32 Å². The zero-order valence-electron chi connectivity index (χ0n) is 7.94. The first-order valence-electron chi connectivity index (χ1n) is 4.21. The van der Waals surface area contributed by atoms with Crippen LogP contribution in [0.1, 0.15) is 5.56 Å². The topological polar surface area (TPSA) is 55.1 Å². The highest BCUT2D eigenvalue weighted by Gasteiger charge is 2.34. The molecule has 0 aliphatic rings.